The SMILES string of the molecule is Cc1nn(C[C@@H](C)C(=O)NC[C@H]2CCCO2)c(C)c1Br. The fourth-order valence-corrected chi connectivity index (χ4v) is 2.67. The molecule has 0 aliphatic carbocycles. The lowest BCUT2D eigenvalue weighted by Gasteiger charge is -2.15. The van der Waals surface area contributed by atoms with Gasteiger partial charge in [0.05, 0.1) is 28.7 Å². The molecule has 112 valence electrons. The molecule has 0 aromatic carbocycles. The summed E-state index contributed by atoms with van der Waals surface area (Å²) in [6.45, 7) is 7.90. The van der Waals surface area contributed by atoms with E-state index in [1.807, 2.05) is 25.5 Å². The van der Waals surface area contributed by atoms with Crippen molar-refractivity contribution >= 4 is 21.8 Å². The number of hydrogen-bond donors (Lipinski definition) is 1. The summed E-state index contributed by atoms with van der Waals surface area (Å²) in [7, 11) is 0. The minimum atomic E-state index is -0.110. The van der Waals surface area contributed by atoms with Crippen LogP contribution in [0.15, 0.2) is 4.47 Å². The fourth-order valence-electron chi connectivity index (χ4n) is 2.39. The minimum Gasteiger partial charge on any atom is -0.376 e. The molecule has 0 spiro atoms. The quantitative estimate of drug-likeness (QED) is 0.891. The molecule has 5 nitrogen and oxygen atoms in total. The lowest BCUT2D eigenvalue weighted by molar-refractivity contribution is -0.125. The van der Waals surface area contributed by atoms with Crippen LogP contribution >= 0.6 is 15.9 Å². The van der Waals surface area contributed by atoms with Crippen LogP contribution in [-0.2, 0) is 16.1 Å². The van der Waals surface area contributed by atoms with E-state index in [9.17, 15) is 4.79 Å². The maximum absolute atomic E-state index is 12.1. The number of carbonyl (C=O) groups is 1. The summed E-state index contributed by atoms with van der Waals surface area (Å²) in [4.78, 5) is 12.1. The van der Waals surface area contributed by atoms with Crippen LogP contribution in [0.4, 0.5) is 0 Å². The Kier molecular flexibility index (Phi) is 5.21. The Bertz CT molecular complexity index is 481. The Balaban J connectivity index is 1.85. The van der Waals surface area contributed by atoms with E-state index in [0.29, 0.717) is 13.1 Å². The second-order valence-electron chi connectivity index (χ2n) is 5.45. The molecular formula is C14H22BrN3O2. The van der Waals surface area contributed by atoms with Gasteiger partial charge >= 0.3 is 0 Å². The summed E-state index contributed by atoms with van der Waals surface area (Å²) in [6, 6.07) is 0. The van der Waals surface area contributed by atoms with Crippen molar-refractivity contribution in [3.63, 3.8) is 0 Å². The first-order chi connectivity index (χ1) is 9.49. The number of carbonyl (C=O) groups excluding carboxylic acids is 1. The molecule has 0 bridgehead atoms. The van der Waals surface area contributed by atoms with E-state index in [1.165, 1.54) is 0 Å². The van der Waals surface area contributed by atoms with Crippen LogP contribution < -0.4 is 5.32 Å². The molecule has 2 heterocycles. The van der Waals surface area contributed by atoms with Gasteiger partial charge in [0.25, 0.3) is 0 Å². The van der Waals surface area contributed by atoms with Crippen LogP contribution in [0.3, 0.4) is 0 Å². The molecule has 1 aliphatic rings. The first-order valence-electron chi connectivity index (χ1n) is 7.08. The van der Waals surface area contributed by atoms with Crippen LogP contribution in [0, 0.1) is 19.8 Å². The third-order valence-corrected chi connectivity index (χ3v) is 4.86. The molecular weight excluding hydrogens is 322 g/mol. The summed E-state index contributed by atoms with van der Waals surface area (Å²) in [5.41, 5.74) is 2.01. The molecule has 1 N–H and O–H groups in total. The zero-order valence-corrected chi connectivity index (χ0v) is 13.9. The zero-order valence-electron chi connectivity index (χ0n) is 12.3. The fraction of sp³-hybridized carbons (Fsp3) is 0.714. The summed E-state index contributed by atoms with van der Waals surface area (Å²) >= 11 is 3.50. The van der Waals surface area contributed by atoms with Gasteiger partial charge in [-0.3, -0.25) is 9.48 Å². The molecule has 1 saturated heterocycles. The van der Waals surface area contributed by atoms with Crippen LogP contribution in [0.2, 0.25) is 0 Å². The summed E-state index contributed by atoms with van der Waals surface area (Å²) in [5.74, 6) is -0.0505. The Hall–Kier alpha value is -0.880. The molecule has 1 aromatic heterocycles. The Labute approximate surface area is 128 Å². The molecule has 1 aromatic rings. The number of halogens is 1. The average molecular weight is 344 g/mol. The lowest BCUT2D eigenvalue weighted by Crippen LogP contribution is -2.36. The first-order valence-corrected chi connectivity index (χ1v) is 7.87. The van der Waals surface area contributed by atoms with Crippen LogP contribution in [0.1, 0.15) is 31.2 Å². The number of ether oxygens (including phenoxy) is 1. The van der Waals surface area contributed by atoms with Gasteiger partial charge in [0.1, 0.15) is 0 Å². The molecule has 20 heavy (non-hydrogen) atoms. The van der Waals surface area contributed by atoms with Gasteiger partial charge in [-0.15, -0.1) is 0 Å². The third-order valence-electron chi connectivity index (χ3n) is 3.72. The van der Waals surface area contributed by atoms with Gasteiger partial charge in [-0.05, 0) is 42.6 Å². The highest BCUT2D eigenvalue weighted by Gasteiger charge is 2.20. The van der Waals surface area contributed by atoms with Crippen LogP contribution in [-0.4, -0.2) is 34.9 Å². The standard InChI is InChI=1S/C14H22BrN3O2/c1-9(8-18-11(3)13(15)10(2)17-18)14(19)16-7-12-5-4-6-20-12/h9,12H,4-8H2,1-3H3,(H,16,19)/t9-,12-/m1/s1. The van der Waals surface area contributed by atoms with Crippen molar-refractivity contribution in [2.75, 3.05) is 13.2 Å². The van der Waals surface area contributed by atoms with Crippen molar-refractivity contribution in [1.29, 1.82) is 0 Å². The Morgan fingerprint density at radius 3 is 2.90 bits per heavy atom. The number of amides is 1. The highest BCUT2D eigenvalue weighted by Crippen LogP contribution is 2.20. The molecule has 0 unspecified atom stereocenters. The molecule has 6 heteroatoms. The molecule has 2 atom stereocenters. The predicted octanol–water partition coefficient (Wildman–Crippen LogP) is 2.19. The summed E-state index contributed by atoms with van der Waals surface area (Å²) in [5, 5.41) is 7.40. The number of nitrogens with zero attached hydrogens (tertiary/aromatic N) is 2. The number of aryl methyl sites for hydroxylation is 1. The van der Waals surface area contributed by atoms with E-state index in [4.69, 9.17) is 4.74 Å². The van der Waals surface area contributed by atoms with E-state index in [1.54, 1.807) is 0 Å². The van der Waals surface area contributed by atoms with Crippen LogP contribution in [0.25, 0.3) is 0 Å². The maximum atomic E-state index is 12.1. The van der Waals surface area contributed by atoms with Crippen LogP contribution in [0.5, 0.6) is 0 Å². The molecule has 0 radical (unpaired) electrons. The smallest absolute Gasteiger partial charge is 0.224 e. The van der Waals surface area contributed by atoms with Gasteiger partial charge < -0.3 is 10.1 Å². The molecule has 0 saturated carbocycles. The highest BCUT2D eigenvalue weighted by molar-refractivity contribution is 9.10. The van der Waals surface area contributed by atoms with Gasteiger partial charge in [-0.2, -0.15) is 5.10 Å². The Morgan fingerprint density at radius 2 is 2.35 bits per heavy atom. The third kappa shape index (κ3) is 3.61. The van der Waals surface area contributed by atoms with Gasteiger partial charge in [-0.25, -0.2) is 0 Å². The normalized spacial score (nSPS) is 20.1. The molecule has 1 amide bonds. The predicted molar refractivity (Wildman–Crippen MR) is 80.5 cm³/mol. The van der Waals surface area contributed by atoms with E-state index < -0.39 is 0 Å². The number of hydrogen-bond acceptors (Lipinski definition) is 3. The molecule has 1 aliphatic heterocycles. The van der Waals surface area contributed by atoms with Crippen molar-refractivity contribution in [2.24, 2.45) is 5.92 Å². The van der Waals surface area contributed by atoms with Crippen molar-refractivity contribution in [1.82, 2.24) is 15.1 Å². The van der Waals surface area contributed by atoms with Gasteiger partial charge in [0.2, 0.25) is 5.91 Å². The van der Waals surface area contributed by atoms with Crippen molar-refractivity contribution in [2.45, 2.75) is 46.3 Å². The second kappa shape index (κ2) is 6.72. The van der Waals surface area contributed by atoms with Crippen molar-refractivity contribution in [3.8, 4) is 0 Å². The number of nitrogens with one attached hydrogen (secondary N) is 1. The lowest BCUT2D eigenvalue weighted by atomic mass is 10.1. The highest BCUT2D eigenvalue weighted by atomic mass is 79.9. The first kappa shape index (κ1) is 15.5. The monoisotopic (exact) mass is 343 g/mol. The summed E-state index contributed by atoms with van der Waals surface area (Å²) in [6.07, 6.45) is 2.32. The number of aromatic nitrogens is 2. The van der Waals surface area contributed by atoms with E-state index in [-0.39, 0.29) is 17.9 Å². The minimum absolute atomic E-state index is 0.0594. The largest absolute Gasteiger partial charge is 0.376 e. The van der Waals surface area contributed by atoms with Gasteiger partial charge in [0, 0.05) is 18.8 Å². The number of rotatable bonds is 5. The van der Waals surface area contributed by atoms with E-state index in [2.05, 4.69) is 26.3 Å². The topological polar surface area (TPSA) is 56.2 Å². The van der Waals surface area contributed by atoms with Crippen molar-refractivity contribution < 1.29 is 9.53 Å². The van der Waals surface area contributed by atoms with Crippen molar-refractivity contribution in [3.05, 3.63) is 15.9 Å². The second-order valence-corrected chi connectivity index (χ2v) is 6.24. The summed E-state index contributed by atoms with van der Waals surface area (Å²) < 4.78 is 8.40. The van der Waals surface area contributed by atoms with E-state index in [0.717, 1.165) is 35.3 Å². The van der Waals surface area contributed by atoms with Gasteiger partial charge in [-0.1, -0.05) is 6.92 Å². The zero-order chi connectivity index (χ0) is 14.7. The van der Waals surface area contributed by atoms with E-state index >= 15 is 0 Å². The Morgan fingerprint density at radius 1 is 1.60 bits per heavy atom. The van der Waals surface area contributed by atoms with Gasteiger partial charge in [0.15, 0.2) is 0 Å². The molecule has 2 rings (SSSR count). The average Bonchev–Trinajstić information content (AvgIpc) is 3.02. The molecule has 1 fully saturated rings. The maximum Gasteiger partial charge on any atom is 0.224 e.